The second-order valence-corrected chi connectivity index (χ2v) is 7.77. The number of hydrogen-bond acceptors (Lipinski definition) is 3. The summed E-state index contributed by atoms with van der Waals surface area (Å²) in [6.45, 7) is 2.56. The highest BCUT2D eigenvalue weighted by atomic mass is 19.4. The second kappa shape index (κ2) is 12.2. The van der Waals surface area contributed by atoms with Gasteiger partial charge in [0.2, 0.25) is 5.91 Å². The summed E-state index contributed by atoms with van der Waals surface area (Å²) in [5.41, 5.74) is 7.82. The van der Waals surface area contributed by atoms with E-state index in [9.17, 15) is 18.0 Å². The van der Waals surface area contributed by atoms with Crippen LogP contribution in [0.1, 0.15) is 69.4 Å². The van der Waals surface area contributed by atoms with Crippen LogP contribution in [-0.4, -0.2) is 5.91 Å². The van der Waals surface area contributed by atoms with Crippen molar-refractivity contribution in [2.75, 3.05) is 16.4 Å². The first-order valence-electron chi connectivity index (χ1n) is 10.9. The lowest BCUT2D eigenvalue weighted by atomic mass is 10.1. The molecule has 0 spiro atoms. The number of carbonyl (C=O) groups excluding carboxylic acids is 1. The fourth-order valence-electron chi connectivity index (χ4n) is 3.26. The zero-order valence-electron chi connectivity index (χ0n) is 18.0. The summed E-state index contributed by atoms with van der Waals surface area (Å²) >= 11 is 0. The summed E-state index contributed by atoms with van der Waals surface area (Å²) in [5, 5.41) is 5.97. The predicted molar refractivity (Wildman–Crippen MR) is 121 cm³/mol. The Morgan fingerprint density at radius 1 is 0.935 bits per heavy atom. The molecule has 0 aliphatic rings. The van der Waals surface area contributed by atoms with E-state index in [1.165, 1.54) is 37.8 Å². The van der Waals surface area contributed by atoms with Gasteiger partial charge in [-0.1, -0.05) is 57.6 Å². The molecule has 0 aromatic heterocycles. The van der Waals surface area contributed by atoms with Gasteiger partial charge in [0.15, 0.2) is 0 Å². The van der Waals surface area contributed by atoms with Crippen molar-refractivity contribution < 1.29 is 18.0 Å². The van der Waals surface area contributed by atoms with Gasteiger partial charge < -0.3 is 16.4 Å². The number of anilines is 3. The van der Waals surface area contributed by atoms with Gasteiger partial charge in [-0.2, -0.15) is 13.2 Å². The van der Waals surface area contributed by atoms with Crippen LogP contribution in [0.2, 0.25) is 0 Å². The molecule has 0 radical (unpaired) electrons. The van der Waals surface area contributed by atoms with Gasteiger partial charge in [-0.15, -0.1) is 0 Å². The van der Waals surface area contributed by atoms with E-state index in [-0.39, 0.29) is 5.91 Å². The van der Waals surface area contributed by atoms with Crippen molar-refractivity contribution in [1.82, 2.24) is 0 Å². The van der Waals surface area contributed by atoms with Crippen LogP contribution in [0.15, 0.2) is 42.5 Å². The van der Waals surface area contributed by atoms with Crippen LogP contribution in [0.4, 0.5) is 30.2 Å². The van der Waals surface area contributed by atoms with Crippen molar-refractivity contribution in [1.29, 1.82) is 0 Å². The van der Waals surface area contributed by atoms with Crippen molar-refractivity contribution in [3.63, 3.8) is 0 Å². The zero-order chi connectivity index (χ0) is 22.7. The SMILES string of the molecule is CCCCCCCCCC(=O)Nc1ccc(NCc2ccc(C(F)(F)F)cc2)cc1N. The van der Waals surface area contributed by atoms with Crippen LogP contribution < -0.4 is 16.4 Å². The maximum atomic E-state index is 12.6. The number of nitrogen functional groups attached to an aromatic ring is 1. The van der Waals surface area contributed by atoms with E-state index in [0.29, 0.717) is 24.3 Å². The highest BCUT2D eigenvalue weighted by molar-refractivity contribution is 5.94. The number of hydrogen-bond donors (Lipinski definition) is 3. The monoisotopic (exact) mass is 435 g/mol. The third-order valence-corrected chi connectivity index (χ3v) is 5.11. The number of nitrogens with two attached hydrogens (primary N) is 1. The van der Waals surface area contributed by atoms with E-state index >= 15 is 0 Å². The minimum Gasteiger partial charge on any atom is -0.397 e. The molecule has 7 heteroatoms. The summed E-state index contributed by atoms with van der Waals surface area (Å²) < 4.78 is 37.9. The molecule has 0 aliphatic heterocycles. The lowest BCUT2D eigenvalue weighted by Crippen LogP contribution is -2.12. The Balaban J connectivity index is 1.76. The number of carbonyl (C=O) groups is 1. The smallest absolute Gasteiger partial charge is 0.397 e. The molecule has 0 bridgehead atoms. The van der Waals surface area contributed by atoms with Crippen LogP contribution in [0, 0.1) is 0 Å². The average Bonchev–Trinajstić information content (AvgIpc) is 2.73. The van der Waals surface area contributed by atoms with E-state index in [4.69, 9.17) is 5.73 Å². The topological polar surface area (TPSA) is 67.2 Å². The van der Waals surface area contributed by atoms with E-state index in [1.807, 2.05) is 0 Å². The first-order chi connectivity index (χ1) is 14.8. The zero-order valence-corrected chi connectivity index (χ0v) is 18.0. The van der Waals surface area contributed by atoms with Crippen LogP contribution in [-0.2, 0) is 17.5 Å². The van der Waals surface area contributed by atoms with Crippen molar-refractivity contribution in [2.45, 2.75) is 71.0 Å². The molecule has 4 N–H and O–H groups in total. The summed E-state index contributed by atoms with van der Waals surface area (Å²) in [6, 6.07) is 10.2. The van der Waals surface area contributed by atoms with Gasteiger partial charge in [0.1, 0.15) is 0 Å². The van der Waals surface area contributed by atoms with Gasteiger partial charge in [-0.05, 0) is 42.3 Å². The molecule has 0 saturated carbocycles. The molecule has 0 saturated heterocycles. The van der Waals surface area contributed by atoms with Gasteiger partial charge in [-0.3, -0.25) is 4.79 Å². The second-order valence-electron chi connectivity index (χ2n) is 7.77. The Kier molecular flexibility index (Phi) is 9.69. The Bertz CT molecular complexity index is 820. The van der Waals surface area contributed by atoms with Crippen molar-refractivity contribution >= 4 is 23.0 Å². The predicted octanol–water partition coefficient (Wildman–Crippen LogP) is 6.98. The summed E-state index contributed by atoms with van der Waals surface area (Å²) in [6.07, 6.45) is 4.21. The molecule has 170 valence electrons. The fraction of sp³-hybridized carbons (Fsp3) is 0.458. The van der Waals surface area contributed by atoms with Gasteiger partial charge in [0.25, 0.3) is 0 Å². The van der Waals surface area contributed by atoms with Crippen molar-refractivity contribution in [3.8, 4) is 0 Å². The summed E-state index contributed by atoms with van der Waals surface area (Å²) in [4.78, 5) is 12.1. The number of nitrogens with one attached hydrogen (secondary N) is 2. The number of rotatable bonds is 12. The number of amides is 1. The first kappa shape index (κ1) is 24.6. The molecule has 0 aliphatic carbocycles. The quantitative estimate of drug-likeness (QED) is 0.249. The van der Waals surface area contributed by atoms with Crippen molar-refractivity contribution in [2.24, 2.45) is 0 Å². The molecule has 2 rings (SSSR count). The van der Waals surface area contributed by atoms with E-state index in [1.54, 1.807) is 18.2 Å². The fourth-order valence-corrected chi connectivity index (χ4v) is 3.26. The van der Waals surface area contributed by atoms with Crippen LogP contribution in [0.3, 0.4) is 0 Å². The van der Waals surface area contributed by atoms with Crippen LogP contribution >= 0.6 is 0 Å². The average molecular weight is 436 g/mol. The third-order valence-electron chi connectivity index (χ3n) is 5.11. The summed E-state index contributed by atoms with van der Waals surface area (Å²) in [7, 11) is 0. The standard InChI is InChI=1S/C24H32F3N3O/c1-2-3-4-5-6-7-8-9-23(31)30-22-15-14-20(16-21(22)28)29-17-18-10-12-19(13-11-18)24(25,26)27/h10-16,29H,2-9,17,28H2,1H3,(H,30,31). The van der Waals surface area contributed by atoms with Gasteiger partial charge >= 0.3 is 6.18 Å². The molecule has 1 amide bonds. The number of alkyl halides is 3. The van der Waals surface area contributed by atoms with E-state index in [0.717, 1.165) is 42.6 Å². The van der Waals surface area contributed by atoms with Gasteiger partial charge in [0.05, 0.1) is 16.9 Å². The molecular weight excluding hydrogens is 403 g/mol. The lowest BCUT2D eigenvalue weighted by Gasteiger charge is -2.12. The number of unbranched alkanes of at least 4 members (excludes halogenated alkanes) is 6. The number of benzene rings is 2. The molecular formula is C24H32F3N3O. The molecule has 4 nitrogen and oxygen atoms in total. The van der Waals surface area contributed by atoms with Gasteiger partial charge in [0, 0.05) is 18.7 Å². The molecule has 0 fully saturated rings. The molecule has 2 aromatic carbocycles. The van der Waals surface area contributed by atoms with Crippen LogP contribution in [0.5, 0.6) is 0 Å². The largest absolute Gasteiger partial charge is 0.416 e. The maximum absolute atomic E-state index is 12.6. The Hall–Kier alpha value is -2.70. The molecule has 31 heavy (non-hydrogen) atoms. The summed E-state index contributed by atoms with van der Waals surface area (Å²) in [5.74, 6) is -0.0503. The Morgan fingerprint density at radius 2 is 1.58 bits per heavy atom. The first-order valence-corrected chi connectivity index (χ1v) is 10.9. The minimum absolute atomic E-state index is 0.0503. The molecule has 2 aromatic rings. The normalized spacial score (nSPS) is 11.4. The van der Waals surface area contributed by atoms with E-state index in [2.05, 4.69) is 17.6 Å². The Labute approximate surface area is 182 Å². The highest BCUT2D eigenvalue weighted by Gasteiger charge is 2.29. The third kappa shape index (κ3) is 8.90. The van der Waals surface area contributed by atoms with Gasteiger partial charge in [-0.25, -0.2) is 0 Å². The minimum atomic E-state index is -4.34. The van der Waals surface area contributed by atoms with E-state index < -0.39 is 11.7 Å². The maximum Gasteiger partial charge on any atom is 0.416 e. The lowest BCUT2D eigenvalue weighted by molar-refractivity contribution is -0.137. The van der Waals surface area contributed by atoms with Crippen LogP contribution in [0.25, 0.3) is 0 Å². The molecule has 0 atom stereocenters. The number of halogens is 3. The molecule has 0 unspecified atom stereocenters. The van der Waals surface area contributed by atoms with Crippen molar-refractivity contribution in [3.05, 3.63) is 53.6 Å². The highest BCUT2D eigenvalue weighted by Crippen LogP contribution is 2.29. The molecule has 0 heterocycles. The Morgan fingerprint density at radius 3 is 2.19 bits per heavy atom.